The van der Waals surface area contributed by atoms with Crippen molar-refractivity contribution < 1.29 is 33.0 Å². The molecule has 4 aromatic carbocycles. The predicted octanol–water partition coefficient (Wildman–Crippen LogP) is 10.6. The van der Waals surface area contributed by atoms with E-state index in [2.05, 4.69) is 78.5 Å². The molecule has 0 N–H and O–H groups in total. The number of benzene rings is 4. The number of hydrogen-bond donors (Lipinski definition) is 0. The van der Waals surface area contributed by atoms with Crippen LogP contribution in [0.25, 0.3) is 0 Å². The van der Waals surface area contributed by atoms with Crippen LogP contribution in [0, 0.1) is 34.0 Å². The molecule has 10 rings (SSSR count). The Kier molecular flexibility index (Phi) is 21.6. The number of hydrogen-bond acceptors (Lipinski definition) is 15. The number of thiocarbonyl (C=S) groups is 1. The number of nitrogens with zero attached hydrogens (tertiary/aromatic N) is 10. The third-order valence-corrected chi connectivity index (χ3v) is 19.7. The van der Waals surface area contributed by atoms with Gasteiger partial charge in [-0.25, -0.2) is 8.42 Å². The first-order valence-corrected chi connectivity index (χ1v) is 31.0. The van der Waals surface area contributed by atoms with Gasteiger partial charge >= 0.3 is 0 Å². The van der Waals surface area contributed by atoms with E-state index in [9.17, 15) is 48.8 Å². The molecule has 6 aliphatic rings. The summed E-state index contributed by atoms with van der Waals surface area (Å²) in [6, 6.07) is 37.1. The van der Waals surface area contributed by atoms with Crippen LogP contribution in [0.4, 0.5) is 17.1 Å². The third-order valence-electron chi connectivity index (χ3n) is 17.4. The van der Waals surface area contributed by atoms with Gasteiger partial charge in [0.1, 0.15) is 28.9 Å². The number of rotatable bonds is 8. The van der Waals surface area contributed by atoms with Gasteiger partial charge in [0.25, 0.3) is 11.8 Å². The van der Waals surface area contributed by atoms with Gasteiger partial charge in [-0.2, -0.15) is 15.8 Å². The Labute approximate surface area is 548 Å². The van der Waals surface area contributed by atoms with E-state index in [0.717, 1.165) is 50.8 Å². The van der Waals surface area contributed by atoms with Crippen molar-refractivity contribution in [3.63, 3.8) is 0 Å². The van der Waals surface area contributed by atoms with Crippen LogP contribution >= 0.6 is 12.2 Å². The van der Waals surface area contributed by atoms with Crippen LogP contribution < -0.4 is 24.9 Å². The summed E-state index contributed by atoms with van der Waals surface area (Å²) in [5.74, 6) is -0.913. The number of likely N-dealkylation sites (N-methyl/N-ethyl adjacent to an activating group) is 7. The number of para-hydroxylation sites is 3. The van der Waals surface area contributed by atoms with E-state index in [1.54, 1.807) is 56.6 Å². The number of ketones is 1. The van der Waals surface area contributed by atoms with E-state index in [-0.39, 0.29) is 74.5 Å². The first-order valence-electron chi connectivity index (χ1n) is 29.2. The molecule has 0 saturated carbocycles. The van der Waals surface area contributed by atoms with Crippen molar-refractivity contribution in [2.45, 2.75) is 104 Å². The Morgan fingerprint density at radius 2 is 0.935 bits per heavy atom. The molecule has 6 heterocycles. The molecule has 19 heteroatoms. The number of amides is 2. The second-order valence-electron chi connectivity index (χ2n) is 23.6. The summed E-state index contributed by atoms with van der Waals surface area (Å²) in [6.45, 7) is 20.7. The van der Waals surface area contributed by atoms with Crippen LogP contribution in [0.3, 0.4) is 0 Å². The van der Waals surface area contributed by atoms with Crippen molar-refractivity contribution in [2.75, 3.05) is 63.0 Å². The summed E-state index contributed by atoms with van der Waals surface area (Å²) >= 11 is 5.30. The molecule has 0 aromatic heterocycles. The largest absolute Gasteiger partial charge is 0.833 e. The van der Waals surface area contributed by atoms with E-state index in [1.807, 2.05) is 110 Å². The van der Waals surface area contributed by atoms with E-state index < -0.39 is 28.1 Å². The van der Waals surface area contributed by atoms with Crippen molar-refractivity contribution in [1.29, 1.82) is 15.8 Å². The summed E-state index contributed by atoms with van der Waals surface area (Å²) < 4.78 is 25.4. The molecule has 4 aromatic rings. The predicted molar refractivity (Wildman–Crippen MR) is 364 cm³/mol. The van der Waals surface area contributed by atoms with E-state index in [4.69, 9.17) is 12.2 Å². The smallest absolute Gasteiger partial charge is 0.256 e. The molecule has 0 bridgehead atoms. The summed E-state index contributed by atoms with van der Waals surface area (Å²) in [5, 5.41) is 55.1. The average molecular weight is 1270 g/mol. The van der Waals surface area contributed by atoms with Crippen LogP contribution in [0.15, 0.2) is 219 Å². The standard InChI is InChI=1S/C24H27N4O2S.C24H20N2O3S.C23H25N4O2.2CH4/c1-6-27-21(29)17(22(30)28(7-2)23(27)31)12-10-11-16(15-25)20-24(3,4)18-13-8-9-14-19(18)26(20)5;1-24(2)18-11-5-6-12-19(18)26(3)23(24)16(15-25)9-8-14-21-22(27)17-10-4-7-13-20(17)30(21,28)29;1-15-25(4)21(28)17(22(29)26(15)5)11-9-10-16(14-24)20-23(2,3)18-12-7-8-13-19(18)27(20)6;;/h8-14,21H,6-7H2,1-5H3;4-14H,1-3H3;7-13,21H,1H2,2-6H3;2*1H4/q-1;;-1;;/b11-10+,17-12-,20-16-;9-8+,21-14-,23-16-;10-9+,17-11-,20-16-;;. The lowest BCUT2D eigenvalue weighted by Gasteiger charge is -2.46. The summed E-state index contributed by atoms with van der Waals surface area (Å²) in [5.41, 5.74) is 9.90. The van der Waals surface area contributed by atoms with Gasteiger partial charge in [-0.05, 0) is 110 Å². The van der Waals surface area contributed by atoms with Crippen LogP contribution in [0.1, 0.15) is 97.3 Å². The number of allylic oxidation sites excluding steroid dienone is 16. The fraction of sp³-hybridized carbons (Fsp3) is 0.301. The SMILES string of the molecule is C.C.C=C1N(C)C(=O)\C(=C/C=C/C(C#N)=C2/N(C)c3ccccc3C2(C)C)C([O-])N1C.CCN1C(=O)\C(=C/C=C/C(C#N)=C2/N(C)c3ccccc3C2(C)C)C([O-])N(CC)C1=S.CN1/C(=C(C#N)/C=C/C=C2/C(=O)c3ccccc3S2(=O)=O)C(C)(C)c2ccccc21. The highest BCUT2D eigenvalue weighted by Crippen LogP contribution is 2.50. The molecule has 0 spiro atoms. The Hall–Kier alpha value is -9.68. The number of anilines is 3. The quantitative estimate of drug-likeness (QED) is 0.0908. The third kappa shape index (κ3) is 12.3. The van der Waals surface area contributed by atoms with Gasteiger partial charge < -0.3 is 34.7 Å². The topological polar surface area (TPSA) is 226 Å². The number of carbonyl (C=O) groups excluding carboxylic acids is 3. The molecule has 2 amide bonds. The van der Waals surface area contributed by atoms with Gasteiger partial charge in [0, 0.05) is 115 Å². The normalized spacial score (nSPS) is 22.7. The monoisotopic (exact) mass is 1270 g/mol. The average Bonchev–Trinajstić information content (AvgIpc) is 1.60. The molecular weight excluding hydrogens is 1190 g/mol. The second kappa shape index (κ2) is 27.8. The van der Waals surface area contributed by atoms with Crippen LogP contribution in [-0.2, 0) is 35.7 Å². The van der Waals surface area contributed by atoms with Crippen molar-refractivity contribution >= 4 is 61.8 Å². The number of Topliss-reactive ketones (excluding diaryl/α,β-unsaturated/α-hetero) is 1. The van der Waals surface area contributed by atoms with Gasteiger partial charge in [0.2, 0.25) is 15.6 Å². The van der Waals surface area contributed by atoms with E-state index in [1.165, 1.54) is 56.0 Å². The molecule has 2 saturated heterocycles. The van der Waals surface area contributed by atoms with Crippen molar-refractivity contribution in [3.05, 3.63) is 236 Å². The highest BCUT2D eigenvalue weighted by molar-refractivity contribution is 7.97. The first kappa shape index (κ1) is 71.4. The number of carbonyl (C=O) groups is 3. The number of sulfone groups is 1. The molecule has 6 aliphatic heterocycles. The molecule has 0 radical (unpaired) electrons. The minimum atomic E-state index is -3.85. The fourth-order valence-electron chi connectivity index (χ4n) is 12.8. The van der Waals surface area contributed by atoms with Gasteiger partial charge in [0.15, 0.2) is 5.11 Å². The van der Waals surface area contributed by atoms with Gasteiger partial charge in [-0.3, -0.25) is 24.2 Å². The minimum Gasteiger partial charge on any atom is -0.833 e. The van der Waals surface area contributed by atoms with Crippen molar-refractivity contribution in [3.8, 4) is 18.2 Å². The maximum atomic E-state index is 12.8. The minimum absolute atomic E-state index is 0. The van der Waals surface area contributed by atoms with Crippen LogP contribution in [-0.4, -0.2) is 112 Å². The lowest BCUT2D eigenvalue weighted by molar-refractivity contribution is -0.440. The maximum absolute atomic E-state index is 12.8. The lowest BCUT2D eigenvalue weighted by Crippen LogP contribution is -2.62. The Bertz CT molecular complexity index is 4230. The molecule has 478 valence electrons. The molecule has 92 heavy (non-hydrogen) atoms. The summed E-state index contributed by atoms with van der Waals surface area (Å²) in [4.78, 5) is 49.3. The molecular formula is C73H80N10O7S2-2. The fourth-order valence-corrected chi connectivity index (χ4v) is 14.7. The van der Waals surface area contributed by atoms with Gasteiger partial charge in [0.05, 0.1) is 21.6 Å². The Morgan fingerprint density at radius 3 is 1.30 bits per heavy atom. The summed E-state index contributed by atoms with van der Waals surface area (Å²) in [6.07, 6.45) is 11.2. The number of fused-ring (bicyclic) bond motifs is 4. The zero-order chi connectivity index (χ0) is 66.1. The molecule has 2 fully saturated rings. The highest BCUT2D eigenvalue weighted by atomic mass is 32.2. The lowest BCUT2D eigenvalue weighted by atomic mass is 9.82. The van der Waals surface area contributed by atoms with Crippen molar-refractivity contribution in [1.82, 2.24) is 19.6 Å². The zero-order valence-electron chi connectivity index (χ0n) is 52.9. The molecule has 17 nitrogen and oxygen atoms in total. The zero-order valence-corrected chi connectivity index (χ0v) is 54.5. The Balaban J connectivity index is 0.000000217. The van der Waals surface area contributed by atoms with E-state index >= 15 is 0 Å². The molecule has 0 aliphatic carbocycles. The first-order chi connectivity index (χ1) is 42.5. The molecule has 2 unspecified atom stereocenters. The highest BCUT2D eigenvalue weighted by Gasteiger charge is 2.44. The maximum Gasteiger partial charge on any atom is 0.256 e. The van der Waals surface area contributed by atoms with Gasteiger partial charge in [-0.15, -0.1) is 0 Å². The van der Waals surface area contributed by atoms with Crippen LogP contribution in [0.5, 0.6) is 0 Å². The van der Waals surface area contributed by atoms with Gasteiger partial charge in [-0.1, -0.05) is 160 Å². The van der Waals surface area contributed by atoms with E-state index in [0.29, 0.717) is 35.6 Å². The number of nitriles is 3. The molecule has 2 atom stereocenters. The second-order valence-corrected chi connectivity index (χ2v) is 25.9. The van der Waals surface area contributed by atoms with Crippen LogP contribution in [0.2, 0.25) is 0 Å². The Morgan fingerprint density at radius 1 is 0.565 bits per heavy atom. The summed E-state index contributed by atoms with van der Waals surface area (Å²) in [7, 11) is 5.15. The van der Waals surface area contributed by atoms with Crippen molar-refractivity contribution in [2.24, 2.45) is 0 Å².